The molecule has 1 aromatic carbocycles. The van der Waals surface area contributed by atoms with Gasteiger partial charge < -0.3 is 16.0 Å². The molecule has 2 aliphatic rings. The van der Waals surface area contributed by atoms with Gasteiger partial charge in [-0.3, -0.25) is 19.9 Å². The Bertz CT molecular complexity index is 1000. The molecule has 1 atom stereocenters. The van der Waals surface area contributed by atoms with E-state index in [2.05, 4.69) is 20.6 Å². The lowest BCUT2D eigenvalue weighted by Crippen LogP contribution is -2.57. The van der Waals surface area contributed by atoms with Gasteiger partial charge >= 0.3 is 6.03 Å². The molecule has 0 spiro atoms. The van der Waals surface area contributed by atoms with E-state index in [0.29, 0.717) is 31.7 Å². The molecule has 3 amide bonds. The quantitative estimate of drug-likeness (QED) is 0.553. The number of nitrogens with two attached hydrogens (primary N) is 1. The Morgan fingerprint density at radius 3 is 2.45 bits per heavy atom. The lowest BCUT2D eigenvalue weighted by Gasteiger charge is -2.41. The number of hydrogen-bond donors (Lipinski definition) is 4. The second kappa shape index (κ2) is 7.19. The highest BCUT2D eigenvalue weighted by Crippen LogP contribution is 2.34. The van der Waals surface area contributed by atoms with Crippen LogP contribution in [0.15, 0.2) is 35.1 Å². The van der Waals surface area contributed by atoms with E-state index in [1.807, 2.05) is 4.90 Å². The number of halogens is 1. The van der Waals surface area contributed by atoms with E-state index >= 15 is 0 Å². The number of piperidine rings is 1. The number of carbonyl (C=O) groups is 2. The Morgan fingerprint density at radius 2 is 1.86 bits per heavy atom. The molecule has 9 nitrogen and oxygen atoms in total. The summed E-state index contributed by atoms with van der Waals surface area (Å²) >= 11 is 0. The van der Waals surface area contributed by atoms with Crippen molar-refractivity contribution in [2.75, 3.05) is 23.7 Å². The topological polar surface area (TPSA) is 133 Å². The van der Waals surface area contributed by atoms with Gasteiger partial charge in [0.25, 0.3) is 11.5 Å². The molecule has 2 fully saturated rings. The van der Waals surface area contributed by atoms with E-state index in [1.165, 1.54) is 18.2 Å². The summed E-state index contributed by atoms with van der Waals surface area (Å²) in [5.74, 6) is -0.332. The third-order valence-electron chi connectivity index (χ3n) is 5.63. The highest BCUT2D eigenvalue weighted by atomic mass is 19.1. The maximum atomic E-state index is 13.3. The van der Waals surface area contributed by atoms with Crippen LogP contribution in [0.5, 0.6) is 0 Å². The number of nitrogens with one attached hydrogen (secondary N) is 3. The average molecular weight is 400 g/mol. The first-order valence-electron chi connectivity index (χ1n) is 9.35. The zero-order chi connectivity index (χ0) is 20.6. The number of aromatic amines is 1. The number of hydrogen-bond acceptors (Lipinski definition) is 6. The van der Waals surface area contributed by atoms with Gasteiger partial charge in [-0.15, -0.1) is 0 Å². The molecule has 0 bridgehead atoms. The molecule has 0 saturated carbocycles. The Balaban J connectivity index is 1.55. The molecule has 0 radical (unpaired) electrons. The second-order valence-electron chi connectivity index (χ2n) is 7.43. The number of carbonyl (C=O) groups excluding carboxylic acids is 2. The SMILES string of the molecule is Nc1nc(N2CCC(C3(Cc4ccc(F)cc4)NC(=O)NC3=O)CC2)cc(=O)[nH]1. The van der Waals surface area contributed by atoms with E-state index in [-0.39, 0.29) is 35.6 Å². The van der Waals surface area contributed by atoms with Crippen molar-refractivity contribution < 1.29 is 14.0 Å². The molecule has 1 aromatic heterocycles. The van der Waals surface area contributed by atoms with Crippen LogP contribution < -0.4 is 26.8 Å². The zero-order valence-corrected chi connectivity index (χ0v) is 15.6. The van der Waals surface area contributed by atoms with E-state index < -0.39 is 11.6 Å². The van der Waals surface area contributed by atoms with E-state index in [9.17, 15) is 18.8 Å². The third kappa shape index (κ3) is 3.65. The van der Waals surface area contributed by atoms with Crippen molar-refractivity contribution in [3.05, 3.63) is 52.1 Å². The highest BCUT2D eigenvalue weighted by Gasteiger charge is 2.52. The van der Waals surface area contributed by atoms with Gasteiger partial charge in [-0.05, 0) is 36.5 Å². The minimum absolute atomic E-state index is 0.0461. The van der Waals surface area contributed by atoms with Gasteiger partial charge in [0.1, 0.15) is 17.2 Å². The van der Waals surface area contributed by atoms with Crippen molar-refractivity contribution in [1.29, 1.82) is 0 Å². The second-order valence-corrected chi connectivity index (χ2v) is 7.43. The molecule has 10 heteroatoms. The fourth-order valence-corrected chi connectivity index (χ4v) is 4.21. The number of urea groups is 1. The molecule has 2 saturated heterocycles. The minimum atomic E-state index is -1.10. The Kier molecular flexibility index (Phi) is 4.69. The van der Waals surface area contributed by atoms with Crippen molar-refractivity contribution in [2.45, 2.75) is 24.8 Å². The molecule has 2 aromatic rings. The van der Waals surface area contributed by atoms with Crippen LogP contribution in [0.1, 0.15) is 18.4 Å². The Morgan fingerprint density at radius 1 is 1.17 bits per heavy atom. The van der Waals surface area contributed by atoms with Crippen LogP contribution in [0.25, 0.3) is 0 Å². The standard InChI is InChI=1S/C19H21FN6O3/c20-13-3-1-11(2-4-13)10-19(16(28)24-18(29)25-19)12-5-7-26(8-6-12)14-9-15(27)23-17(21)22-14/h1-4,9,12H,5-8,10H2,(H3,21,22,23,27)(H2,24,25,28,29). The molecule has 29 heavy (non-hydrogen) atoms. The van der Waals surface area contributed by atoms with Gasteiger partial charge in [-0.2, -0.15) is 4.98 Å². The van der Waals surface area contributed by atoms with E-state index in [1.54, 1.807) is 12.1 Å². The van der Waals surface area contributed by atoms with Crippen LogP contribution in [-0.4, -0.2) is 40.5 Å². The summed E-state index contributed by atoms with van der Waals surface area (Å²) in [6.45, 7) is 1.10. The molecule has 4 rings (SSSR count). The van der Waals surface area contributed by atoms with E-state index in [4.69, 9.17) is 5.73 Å². The van der Waals surface area contributed by atoms with Crippen LogP contribution in [0, 0.1) is 11.7 Å². The molecular weight excluding hydrogens is 379 g/mol. The Labute approximate surface area is 165 Å². The molecule has 1 unspecified atom stereocenters. The Hall–Kier alpha value is -3.43. The lowest BCUT2D eigenvalue weighted by molar-refractivity contribution is -0.126. The van der Waals surface area contributed by atoms with Gasteiger partial charge in [-0.1, -0.05) is 12.1 Å². The predicted octanol–water partition coefficient (Wildman–Crippen LogP) is 0.528. The summed E-state index contributed by atoms with van der Waals surface area (Å²) in [5, 5.41) is 5.16. The van der Waals surface area contributed by atoms with Crippen molar-refractivity contribution in [3.8, 4) is 0 Å². The van der Waals surface area contributed by atoms with Crippen LogP contribution in [0.3, 0.4) is 0 Å². The van der Waals surface area contributed by atoms with Gasteiger partial charge in [0.15, 0.2) is 0 Å². The van der Waals surface area contributed by atoms with Crippen molar-refractivity contribution in [3.63, 3.8) is 0 Å². The molecule has 152 valence electrons. The number of rotatable bonds is 4. The summed E-state index contributed by atoms with van der Waals surface area (Å²) in [5.41, 5.74) is 4.96. The predicted molar refractivity (Wildman–Crippen MR) is 104 cm³/mol. The molecular formula is C19H21FN6O3. The largest absolute Gasteiger partial charge is 0.369 e. The first-order valence-corrected chi connectivity index (χ1v) is 9.35. The number of H-pyrrole nitrogens is 1. The molecule has 2 aliphatic heterocycles. The maximum absolute atomic E-state index is 13.3. The zero-order valence-electron chi connectivity index (χ0n) is 15.6. The van der Waals surface area contributed by atoms with Crippen LogP contribution in [0.2, 0.25) is 0 Å². The molecule has 0 aliphatic carbocycles. The van der Waals surface area contributed by atoms with Crippen molar-refractivity contribution in [1.82, 2.24) is 20.6 Å². The third-order valence-corrected chi connectivity index (χ3v) is 5.63. The van der Waals surface area contributed by atoms with Gasteiger partial charge in [0, 0.05) is 25.6 Å². The number of aromatic nitrogens is 2. The summed E-state index contributed by atoms with van der Waals surface area (Å²) in [7, 11) is 0. The van der Waals surface area contributed by atoms with Crippen molar-refractivity contribution in [2.24, 2.45) is 5.92 Å². The minimum Gasteiger partial charge on any atom is -0.369 e. The maximum Gasteiger partial charge on any atom is 0.322 e. The lowest BCUT2D eigenvalue weighted by atomic mass is 9.74. The van der Waals surface area contributed by atoms with Gasteiger partial charge in [0.05, 0.1) is 0 Å². The normalized spacial score (nSPS) is 22.4. The first kappa shape index (κ1) is 18.9. The number of anilines is 2. The molecule has 5 N–H and O–H groups in total. The van der Waals surface area contributed by atoms with Gasteiger partial charge in [0.2, 0.25) is 5.95 Å². The van der Waals surface area contributed by atoms with Crippen LogP contribution in [-0.2, 0) is 11.2 Å². The highest BCUT2D eigenvalue weighted by molar-refractivity contribution is 6.07. The van der Waals surface area contributed by atoms with Gasteiger partial charge in [-0.25, -0.2) is 9.18 Å². The smallest absolute Gasteiger partial charge is 0.322 e. The monoisotopic (exact) mass is 400 g/mol. The number of nitrogens with zero attached hydrogens (tertiary/aromatic N) is 2. The van der Waals surface area contributed by atoms with E-state index in [0.717, 1.165) is 5.56 Å². The number of imide groups is 1. The first-order chi connectivity index (χ1) is 13.9. The summed E-state index contributed by atoms with van der Waals surface area (Å²) < 4.78 is 13.3. The number of amides is 3. The summed E-state index contributed by atoms with van der Waals surface area (Å²) in [4.78, 5) is 44.9. The number of nitrogen functional groups attached to an aromatic ring is 1. The fourth-order valence-electron chi connectivity index (χ4n) is 4.21. The average Bonchev–Trinajstić information content (AvgIpc) is 2.97. The number of benzene rings is 1. The summed E-state index contributed by atoms with van der Waals surface area (Å²) in [6, 6.07) is 6.77. The summed E-state index contributed by atoms with van der Waals surface area (Å²) in [6.07, 6.45) is 1.47. The van der Waals surface area contributed by atoms with Crippen LogP contribution in [0.4, 0.5) is 21.0 Å². The fraction of sp³-hybridized carbons (Fsp3) is 0.368. The van der Waals surface area contributed by atoms with Crippen LogP contribution >= 0.6 is 0 Å². The molecule has 3 heterocycles. The van der Waals surface area contributed by atoms with Crippen molar-refractivity contribution >= 4 is 23.7 Å².